The van der Waals surface area contributed by atoms with E-state index in [-0.39, 0.29) is 33.8 Å². The molecule has 9 rings (SSSR count). The van der Waals surface area contributed by atoms with Gasteiger partial charge in [-0.3, -0.25) is 0 Å². The van der Waals surface area contributed by atoms with Crippen molar-refractivity contribution >= 4 is 78.0 Å². The van der Waals surface area contributed by atoms with Gasteiger partial charge in [-0.2, -0.15) is 0 Å². The molecule has 2 nitrogen and oxygen atoms in total. The van der Waals surface area contributed by atoms with Gasteiger partial charge in [0, 0.05) is 43.3 Å². The van der Waals surface area contributed by atoms with Crippen molar-refractivity contribution in [1.82, 2.24) is 0 Å². The first kappa shape index (κ1) is 37.3. The minimum absolute atomic E-state index is 0.00752. The SMILES string of the molecule is CC(C)(C)c1cccc(N2c3cc(C(C)(C)C)ccc3B3c4sc5ccccc5c4N(c4ccc5c(c4)C(C)(C)CCC5(C)C)c4cc(C(C)(C)C)cc2c43)c1. The number of anilines is 6. The molecule has 0 radical (unpaired) electrons. The van der Waals surface area contributed by atoms with Gasteiger partial charge in [0.2, 0.25) is 0 Å². The van der Waals surface area contributed by atoms with Crippen molar-refractivity contribution in [3.8, 4) is 0 Å². The van der Waals surface area contributed by atoms with E-state index in [2.05, 4.69) is 197 Å². The van der Waals surface area contributed by atoms with Crippen LogP contribution in [-0.2, 0) is 27.1 Å². The maximum atomic E-state index is 2.68. The Hall–Kier alpha value is -4.28. The standard InChI is InChI=1S/C52H59BN2S/c1-48(2,3)32-17-16-18-35(27-32)54-41-28-33(49(4,5)6)21-24-40(41)53-45-42(54)29-34(50(7,8)9)30-43(45)55(46-37-19-14-15-20-44(37)56-47(46)53)36-22-23-38-39(31-36)52(12,13)26-25-51(38,10)11/h14-24,27-31H,25-26H2,1-13H3. The number of benzene rings is 5. The zero-order chi connectivity index (χ0) is 39.9. The normalized spacial score (nSPS) is 17.1. The Morgan fingerprint density at radius 2 is 1.12 bits per heavy atom. The van der Waals surface area contributed by atoms with E-state index in [0.717, 1.165) is 0 Å². The molecule has 1 aliphatic carbocycles. The molecule has 0 bridgehead atoms. The third-order valence-electron chi connectivity index (χ3n) is 13.4. The van der Waals surface area contributed by atoms with E-state index in [9.17, 15) is 0 Å². The van der Waals surface area contributed by atoms with Crippen LogP contribution < -0.4 is 25.5 Å². The van der Waals surface area contributed by atoms with Crippen LogP contribution in [0.15, 0.2) is 97.1 Å². The minimum Gasteiger partial charge on any atom is -0.311 e. The largest absolute Gasteiger partial charge is 0.311 e. The lowest BCUT2D eigenvalue weighted by Gasteiger charge is -2.45. The molecular formula is C52H59BN2S. The fourth-order valence-electron chi connectivity index (χ4n) is 9.70. The first-order chi connectivity index (χ1) is 26.1. The molecule has 3 heterocycles. The Balaban J connectivity index is 1.42. The summed E-state index contributed by atoms with van der Waals surface area (Å²) in [5.74, 6) is 0. The maximum absolute atomic E-state index is 2.68. The van der Waals surface area contributed by atoms with Gasteiger partial charge >= 0.3 is 0 Å². The Morgan fingerprint density at radius 1 is 0.536 bits per heavy atom. The summed E-state index contributed by atoms with van der Waals surface area (Å²) in [5, 5.41) is 1.34. The van der Waals surface area contributed by atoms with Gasteiger partial charge in [-0.15, -0.1) is 11.3 Å². The Bertz CT molecular complexity index is 2570. The van der Waals surface area contributed by atoms with E-state index in [4.69, 9.17) is 0 Å². The molecule has 6 aromatic rings. The molecule has 4 heteroatoms. The first-order valence-electron chi connectivity index (χ1n) is 20.9. The van der Waals surface area contributed by atoms with E-state index < -0.39 is 0 Å². The molecule has 0 saturated carbocycles. The third kappa shape index (κ3) is 5.71. The summed E-state index contributed by atoms with van der Waals surface area (Å²) in [6.07, 6.45) is 2.40. The van der Waals surface area contributed by atoms with Crippen LogP contribution in [0.1, 0.15) is 131 Å². The van der Waals surface area contributed by atoms with E-state index in [1.165, 1.54) is 101 Å². The van der Waals surface area contributed by atoms with Gasteiger partial charge in [-0.05, 0) is 127 Å². The van der Waals surface area contributed by atoms with E-state index in [1.54, 1.807) is 0 Å². The van der Waals surface area contributed by atoms with Crippen LogP contribution >= 0.6 is 11.3 Å². The number of rotatable bonds is 2. The molecule has 0 spiro atoms. The summed E-state index contributed by atoms with van der Waals surface area (Å²) in [4.78, 5) is 5.30. The van der Waals surface area contributed by atoms with Gasteiger partial charge in [-0.25, -0.2) is 0 Å². The highest BCUT2D eigenvalue weighted by Gasteiger charge is 2.47. The summed E-state index contributed by atoms with van der Waals surface area (Å²) in [5.41, 5.74) is 17.8. The van der Waals surface area contributed by atoms with Crippen LogP contribution in [-0.4, -0.2) is 6.71 Å². The lowest BCUT2D eigenvalue weighted by molar-refractivity contribution is 0.332. The number of thiophene rings is 1. The van der Waals surface area contributed by atoms with Gasteiger partial charge in [-0.1, -0.05) is 139 Å². The molecule has 0 N–H and O–H groups in total. The van der Waals surface area contributed by atoms with Gasteiger partial charge in [0.1, 0.15) is 0 Å². The lowest BCUT2D eigenvalue weighted by Crippen LogP contribution is -2.60. The van der Waals surface area contributed by atoms with Gasteiger partial charge in [0.15, 0.2) is 0 Å². The second-order valence-electron chi connectivity index (χ2n) is 21.4. The van der Waals surface area contributed by atoms with Gasteiger partial charge < -0.3 is 9.80 Å². The van der Waals surface area contributed by atoms with Crippen molar-refractivity contribution in [2.45, 2.75) is 130 Å². The summed E-state index contributed by atoms with van der Waals surface area (Å²) in [7, 11) is 0. The van der Waals surface area contributed by atoms with Crippen molar-refractivity contribution in [2.24, 2.45) is 0 Å². The van der Waals surface area contributed by atoms with Crippen molar-refractivity contribution in [3.63, 3.8) is 0 Å². The van der Waals surface area contributed by atoms with Gasteiger partial charge in [0.05, 0.1) is 5.69 Å². The first-order valence-corrected chi connectivity index (χ1v) is 21.7. The highest BCUT2D eigenvalue weighted by atomic mass is 32.1. The number of nitrogens with zero attached hydrogens (tertiary/aromatic N) is 2. The molecule has 0 atom stereocenters. The highest BCUT2D eigenvalue weighted by Crippen LogP contribution is 2.52. The summed E-state index contributed by atoms with van der Waals surface area (Å²) in [6.45, 7) is 31.0. The van der Waals surface area contributed by atoms with Crippen LogP contribution in [0.25, 0.3) is 10.1 Å². The van der Waals surface area contributed by atoms with Crippen LogP contribution in [0, 0.1) is 0 Å². The zero-order valence-electron chi connectivity index (χ0n) is 36.0. The Labute approximate surface area is 341 Å². The summed E-state index contributed by atoms with van der Waals surface area (Å²) < 4.78 is 2.79. The summed E-state index contributed by atoms with van der Waals surface area (Å²) in [6, 6.07) is 38.4. The van der Waals surface area contributed by atoms with Crippen LogP contribution in [0.5, 0.6) is 0 Å². The van der Waals surface area contributed by atoms with E-state index in [1.807, 2.05) is 11.3 Å². The molecule has 1 aromatic heterocycles. The average molecular weight is 755 g/mol. The second kappa shape index (κ2) is 12.1. The molecule has 56 heavy (non-hydrogen) atoms. The lowest BCUT2D eigenvalue weighted by atomic mass is 9.36. The second-order valence-corrected chi connectivity index (χ2v) is 22.5. The van der Waals surface area contributed by atoms with E-state index >= 15 is 0 Å². The predicted octanol–water partition coefficient (Wildman–Crippen LogP) is 13.2. The molecule has 0 fully saturated rings. The fraction of sp³-hybridized carbons (Fsp3) is 0.385. The summed E-state index contributed by atoms with van der Waals surface area (Å²) >= 11 is 1.99. The van der Waals surface area contributed by atoms with Crippen LogP contribution in [0.2, 0.25) is 0 Å². The third-order valence-corrected chi connectivity index (χ3v) is 14.6. The van der Waals surface area contributed by atoms with E-state index in [0.29, 0.717) is 0 Å². The van der Waals surface area contributed by atoms with Crippen molar-refractivity contribution < 1.29 is 0 Å². The van der Waals surface area contributed by atoms with Crippen molar-refractivity contribution in [1.29, 1.82) is 0 Å². The Kier molecular flexibility index (Phi) is 8.08. The number of hydrogen-bond donors (Lipinski definition) is 0. The molecule has 3 aliphatic rings. The maximum Gasteiger partial charge on any atom is 0.264 e. The topological polar surface area (TPSA) is 6.48 Å². The molecule has 286 valence electrons. The van der Waals surface area contributed by atoms with Crippen LogP contribution in [0.3, 0.4) is 0 Å². The number of hydrogen-bond acceptors (Lipinski definition) is 3. The molecule has 2 aliphatic heterocycles. The molecule has 0 amide bonds. The predicted molar refractivity (Wildman–Crippen MR) is 247 cm³/mol. The smallest absolute Gasteiger partial charge is 0.264 e. The van der Waals surface area contributed by atoms with Gasteiger partial charge in [0.25, 0.3) is 6.71 Å². The molecule has 0 unspecified atom stereocenters. The highest BCUT2D eigenvalue weighted by molar-refractivity contribution is 7.33. The molecule has 0 saturated heterocycles. The van der Waals surface area contributed by atoms with Crippen molar-refractivity contribution in [3.05, 3.63) is 125 Å². The monoisotopic (exact) mass is 754 g/mol. The number of fused-ring (bicyclic) bond motifs is 7. The molecular weight excluding hydrogens is 695 g/mol. The van der Waals surface area contributed by atoms with Crippen LogP contribution in [0.4, 0.5) is 34.1 Å². The van der Waals surface area contributed by atoms with Crippen molar-refractivity contribution in [2.75, 3.05) is 9.80 Å². The zero-order valence-corrected chi connectivity index (χ0v) is 36.8. The quantitative estimate of drug-likeness (QED) is 0.162. The minimum atomic E-state index is -0.0714. The fourth-order valence-corrected chi connectivity index (χ4v) is 11.0. The molecule has 5 aromatic carbocycles. The average Bonchev–Trinajstić information content (AvgIpc) is 3.51. The Morgan fingerprint density at radius 3 is 1.80 bits per heavy atom.